The molecule has 0 aromatic carbocycles. The van der Waals surface area contributed by atoms with Crippen LogP contribution in [0.15, 0.2) is 4.90 Å². The molecule has 4 N–H and O–H groups in total. The molecule has 1 heterocycles. The Morgan fingerprint density at radius 3 is 2.65 bits per heavy atom. The van der Waals surface area contributed by atoms with E-state index in [0.29, 0.717) is 24.4 Å². The van der Waals surface area contributed by atoms with Crippen molar-refractivity contribution in [2.24, 2.45) is 5.41 Å². The molecule has 0 spiro atoms. The van der Waals surface area contributed by atoms with Crippen molar-refractivity contribution in [1.82, 2.24) is 4.37 Å². The summed E-state index contributed by atoms with van der Waals surface area (Å²) in [6.45, 7) is 6.46. The third kappa shape index (κ3) is 4.32. The average Bonchev–Trinajstić information content (AvgIpc) is 2.68. The van der Waals surface area contributed by atoms with Gasteiger partial charge in [-0.1, -0.05) is 20.8 Å². The van der Waals surface area contributed by atoms with Crippen LogP contribution in [-0.4, -0.2) is 36.8 Å². The molecule has 6 nitrogen and oxygen atoms in total. The lowest BCUT2D eigenvalue weighted by Crippen LogP contribution is -2.24. The van der Waals surface area contributed by atoms with Gasteiger partial charge in [-0.15, -0.1) is 0 Å². The van der Waals surface area contributed by atoms with Crippen molar-refractivity contribution in [1.29, 1.82) is 0 Å². The highest BCUT2D eigenvalue weighted by Crippen LogP contribution is 2.33. The standard InChI is InChI=1S/C12H23N3O3S2/c1-4-7-20(17,18)9-10(13)15-19-11(9)14-8-12(2,3)5-6-16/h14,16H,4-8H2,1-3H3,(H2,13,15). The molecule has 0 saturated heterocycles. The molecule has 1 aromatic rings. The summed E-state index contributed by atoms with van der Waals surface area (Å²) in [4.78, 5) is 0.115. The van der Waals surface area contributed by atoms with E-state index in [1.54, 1.807) is 0 Å². The van der Waals surface area contributed by atoms with E-state index in [0.717, 1.165) is 11.5 Å². The molecule has 0 unspecified atom stereocenters. The van der Waals surface area contributed by atoms with Gasteiger partial charge < -0.3 is 16.2 Å². The number of anilines is 2. The fourth-order valence-electron chi connectivity index (χ4n) is 1.79. The normalized spacial score (nSPS) is 12.6. The van der Waals surface area contributed by atoms with Gasteiger partial charge in [-0.25, -0.2) is 8.42 Å². The number of rotatable bonds is 8. The molecule has 8 heteroatoms. The van der Waals surface area contributed by atoms with Gasteiger partial charge in [-0.2, -0.15) is 4.37 Å². The minimum Gasteiger partial charge on any atom is -0.396 e. The molecule has 1 aromatic heterocycles. The zero-order valence-electron chi connectivity index (χ0n) is 12.1. The molecule has 1 rings (SSSR count). The summed E-state index contributed by atoms with van der Waals surface area (Å²) in [6, 6.07) is 0. The molecular weight excluding hydrogens is 298 g/mol. The number of hydrogen-bond donors (Lipinski definition) is 3. The first kappa shape index (κ1) is 17.2. The zero-order chi connectivity index (χ0) is 15.4. The molecule has 0 aliphatic heterocycles. The van der Waals surface area contributed by atoms with Crippen LogP contribution in [-0.2, 0) is 9.84 Å². The molecule has 0 saturated carbocycles. The monoisotopic (exact) mass is 321 g/mol. The van der Waals surface area contributed by atoms with E-state index in [4.69, 9.17) is 10.8 Å². The Kier molecular flexibility index (Phi) is 5.79. The van der Waals surface area contributed by atoms with Crippen LogP contribution in [0.2, 0.25) is 0 Å². The quantitative estimate of drug-likeness (QED) is 0.673. The van der Waals surface area contributed by atoms with Crippen molar-refractivity contribution in [3.8, 4) is 0 Å². The van der Waals surface area contributed by atoms with Crippen molar-refractivity contribution < 1.29 is 13.5 Å². The molecule has 0 aliphatic rings. The van der Waals surface area contributed by atoms with Gasteiger partial charge in [0, 0.05) is 13.2 Å². The number of nitrogens with two attached hydrogens (primary N) is 1. The lowest BCUT2D eigenvalue weighted by Gasteiger charge is -2.24. The highest BCUT2D eigenvalue weighted by molar-refractivity contribution is 7.91. The first-order valence-corrected chi connectivity index (χ1v) is 8.98. The predicted molar refractivity (Wildman–Crippen MR) is 82.8 cm³/mol. The van der Waals surface area contributed by atoms with Crippen LogP contribution >= 0.6 is 11.5 Å². The van der Waals surface area contributed by atoms with Gasteiger partial charge in [0.05, 0.1) is 5.75 Å². The second-order valence-electron chi connectivity index (χ2n) is 5.54. The fourth-order valence-corrected chi connectivity index (χ4v) is 4.40. The molecule has 0 amide bonds. The van der Waals surface area contributed by atoms with Crippen molar-refractivity contribution in [3.63, 3.8) is 0 Å². The average molecular weight is 321 g/mol. The third-order valence-corrected chi connectivity index (χ3v) is 5.90. The van der Waals surface area contributed by atoms with E-state index in [9.17, 15) is 8.42 Å². The van der Waals surface area contributed by atoms with Gasteiger partial charge in [0.1, 0.15) is 9.90 Å². The molecule has 0 fully saturated rings. The van der Waals surface area contributed by atoms with Gasteiger partial charge in [0.25, 0.3) is 0 Å². The highest BCUT2D eigenvalue weighted by Gasteiger charge is 2.26. The summed E-state index contributed by atoms with van der Waals surface area (Å²) in [7, 11) is -3.40. The van der Waals surface area contributed by atoms with Crippen LogP contribution in [0.3, 0.4) is 0 Å². The Morgan fingerprint density at radius 1 is 1.45 bits per heavy atom. The maximum absolute atomic E-state index is 12.2. The summed E-state index contributed by atoms with van der Waals surface area (Å²) in [5.74, 6) is 0.121. The second kappa shape index (κ2) is 6.73. The van der Waals surface area contributed by atoms with E-state index < -0.39 is 9.84 Å². The fraction of sp³-hybridized carbons (Fsp3) is 0.750. The van der Waals surface area contributed by atoms with Crippen LogP contribution in [0.25, 0.3) is 0 Å². The van der Waals surface area contributed by atoms with Crippen LogP contribution in [0.5, 0.6) is 0 Å². The first-order valence-electron chi connectivity index (χ1n) is 6.56. The summed E-state index contributed by atoms with van der Waals surface area (Å²) in [5, 5.41) is 12.6. The highest BCUT2D eigenvalue weighted by atomic mass is 32.2. The Bertz CT molecular complexity index is 538. The molecular formula is C12H23N3O3S2. The number of nitrogen functional groups attached to an aromatic ring is 1. The van der Waals surface area contributed by atoms with Gasteiger partial charge in [-0.3, -0.25) is 0 Å². The number of aliphatic hydroxyl groups excluding tert-OH is 1. The van der Waals surface area contributed by atoms with Crippen LogP contribution in [0.1, 0.15) is 33.6 Å². The molecule has 0 radical (unpaired) electrons. The lowest BCUT2D eigenvalue weighted by atomic mass is 9.90. The van der Waals surface area contributed by atoms with E-state index in [1.165, 1.54) is 0 Å². The summed E-state index contributed by atoms with van der Waals surface area (Å²) in [5.41, 5.74) is 5.56. The van der Waals surface area contributed by atoms with Crippen molar-refractivity contribution in [2.45, 2.75) is 38.5 Å². The van der Waals surface area contributed by atoms with Crippen LogP contribution in [0.4, 0.5) is 10.8 Å². The molecule has 0 aliphatic carbocycles. The summed E-state index contributed by atoms with van der Waals surface area (Å²) in [6.07, 6.45) is 1.17. The zero-order valence-corrected chi connectivity index (χ0v) is 13.8. The summed E-state index contributed by atoms with van der Waals surface area (Å²) < 4.78 is 28.3. The topological polar surface area (TPSA) is 105 Å². The number of nitrogens with one attached hydrogen (secondary N) is 1. The number of aromatic nitrogens is 1. The summed E-state index contributed by atoms with van der Waals surface area (Å²) >= 11 is 1.06. The number of aliphatic hydroxyl groups is 1. The van der Waals surface area contributed by atoms with Crippen LogP contribution in [0, 0.1) is 5.41 Å². The van der Waals surface area contributed by atoms with Gasteiger partial charge in [0.2, 0.25) is 0 Å². The predicted octanol–water partition coefficient (Wildman–Crippen LogP) is 1.73. The molecule has 116 valence electrons. The van der Waals surface area contributed by atoms with Crippen molar-refractivity contribution in [3.05, 3.63) is 0 Å². The number of sulfone groups is 1. The smallest absolute Gasteiger partial charge is 0.185 e. The largest absolute Gasteiger partial charge is 0.396 e. The van der Waals surface area contributed by atoms with Gasteiger partial charge in [0.15, 0.2) is 15.7 Å². The molecule has 0 atom stereocenters. The van der Waals surface area contributed by atoms with Gasteiger partial charge >= 0.3 is 0 Å². The minimum atomic E-state index is -3.40. The maximum atomic E-state index is 12.2. The SMILES string of the molecule is CCCS(=O)(=O)c1c(N)nsc1NCC(C)(C)CCO. The Balaban J connectivity index is 2.94. The third-order valence-electron chi connectivity index (χ3n) is 2.97. The Hall–Kier alpha value is -0.860. The maximum Gasteiger partial charge on any atom is 0.185 e. The number of nitrogens with zero attached hydrogens (tertiary/aromatic N) is 1. The van der Waals surface area contributed by atoms with E-state index >= 15 is 0 Å². The Morgan fingerprint density at radius 2 is 2.10 bits per heavy atom. The molecule has 0 bridgehead atoms. The Labute approximate surface area is 124 Å². The first-order chi connectivity index (χ1) is 9.23. The lowest BCUT2D eigenvalue weighted by molar-refractivity contribution is 0.220. The van der Waals surface area contributed by atoms with Crippen LogP contribution < -0.4 is 11.1 Å². The van der Waals surface area contributed by atoms with Crippen molar-refractivity contribution in [2.75, 3.05) is 30.0 Å². The van der Waals surface area contributed by atoms with Crippen molar-refractivity contribution >= 4 is 32.2 Å². The second-order valence-corrected chi connectivity index (χ2v) is 8.36. The van der Waals surface area contributed by atoms with E-state index in [2.05, 4.69) is 9.69 Å². The molecule has 20 heavy (non-hydrogen) atoms. The van der Waals surface area contributed by atoms with Gasteiger partial charge in [-0.05, 0) is 29.8 Å². The minimum absolute atomic E-state index is 0.0598. The van der Waals surface area contributed by atoms with E-state index in [1.807, 2.05) is 20.8 Å². The number of hydrogen-bond acceptors (Lipinski definition) is 7. The van der Waals surface area contributed by atoms with E-state index in [-0.39, 0.29) is 28.5 Å².